The Morgan fingerprint density at radius 2 is 2.00 bits per heavy atom. The number of hydrogen-bond acceptors (Lipinski definition) is 2. The molecule has 0 radical (unpaired) electrons. The van der Waals surface area contributed by atoms with Crippen molar-refractivity contribution >= 4 is 11.6 Å². The monoisotopic (exact) mass is 191 g/mol. The Bertz CT molecular complexity index is 385. The second kappa shape index (κ2) is 2.82. The van der Waals surface area contributed by atoms with E-state index in [0.717, 1.165) is 11.3 Å². The Balaban J connectivity index is 2.59. The highest BCUT2D eigenvalue weighted by atomic mass is 16.3. The molecule has 0 bridgehead atoms. The minimum absolute atomic E-state index is 0.325. The molecule has 2 rings (SSSR count). The van der Waals surface area contributed by atoms with Gasteiger partial charge in [-0.3, -0.25) is 4.79 Å². The Hall–Kier alpha value is -1.35. The second-order valence-electron chi connectivity index (χ2n) is 4.16. The first-order valence-electron chi connectivity index (χ1n) is 4.62. The molecule has 1 atom stereocenters. The highest BCUT2D eigenvalue weighted by molar-refractivity contribution is 5.98. The summed E-state index contributed by atoms with van der Waals surface area (Å²) in [6, 6.07) is 7.55. The summed E-state index contributed by atoms with van der Waals surface area (Å²) in [5, 5.41) is 12.4. The Morgan fingerprint density at radius 3 is 2.71 bits per heavy atom. The summed E-state index contributed by atoms with van der Waals surface area (Å²) in [6.45, 7) is 3.74. The van der Waals surface area contributed by atoms with Crippen molar-refractivity contribution in [2.24, 2.45) is 0 Å². The van der Waals surface area contributed by atoms with Crippen molar-refractivity contribution in [1.82, 2.24) is 0 Å². The van der Waals surface area contributed by atoms with Gasteiger partial charge >= 0.3 is 0 Å². The number of para-hydroxylation sites is 1. The summed E-state index contributed by atoms with van der Waals surface area (Å²) in [4.78, 5) is 11.4. The van der Waals surface area contributed by atoms with Gasteiger partial charge in [-0.2, -0.15) is 0 Å². The number of benzene rings is 1. The highest BCUT2D eigenvalue weighted by Gasteiger charge is 2.40. The van der Waals surface area contributed by atoms with Crippen LogP contribution in [0.1, 0.15) is 19.4 Å². The smallest absolute Gasteiger partial charge is 0.254 e. The van der Waals surface area contributed by atoms with Crippen LogP contribution in [-0.2, 0) is 10.2 Å². The predicted molar refractivity (Wildman–Crippen MR) is 54.1 cm³/mol. The van der Waals surface area contributed by atoms with E-state index in [1.165, 1.54) is 0 Å². The van der Waals surface area contributed by atoms with E-state index in [1.54, 1.807) is 0 Å². The van der Waals surface area contributed by atoms with E-state index in [2.05, 4.69) is 5.32 Å². The van der Waals surface area contributed by atoms with Gasteiger partial charge in [0.05, 0.1) is 0 Å². The van der Waals surface area contributed by atoms with E-state index in [9.17, 15) is 9.90 Å². The molecule has 0 saturated heterocycles. The van der Waals surface area contributed by atoms with E-state index < -0.39 is 11.5 Å². The maximum atomic E-state index is 11.4. The number of aliphatic hydroxyl groups excluding tert-OH is 1. The Kier molecular flexibility index (Phi) is 1.86. The summed E-state index contributed by atoms with van der Waals surface area (Å²) in [7, 11) is 0. The van der Waals surface area contributed by atoms with E-state index in [4.69, 9.17) is 0 Å². The zero-order chi connectivity index (χ0) is 10.3. The van der Waals surface area contributed by atoms with Crippen LogP contribution in [0.5, 0.6) is 0 Å². The fraction of sp³-hybridized carbons (Fsp3) is 0.364. The first kappa shape index (κ1) is 9.21. The highest BCUT2D eigenvalue weighted by Crippen LogP contribution is 2.36. The van der Waals surface area contributed by atoms with Crippen molar-refractivity contribution in [3.63, 3.8) is 0 Å². The molecule has 14 heavy (non-hydrogen) atoms. The number of rotatable bonds is 0. The summed E-state index contributed by atoms with van der Waals surface area (Å²) in [5.41, 5.74) is 1.26. The number of fused-ring (bicyclic) bond motifs is 1. The van der Waals surface area contributed by atoms with Gasteiger partial charge in [0.25, 0.3) is 5.91 Å². The van der Waals surface area contributed by atoms with Gasteiger partial charge in [0, 0.05) is 11.1 Å². The number of carbonyl (C=O) groups excluding carboxylic acids is 1. The molecule has 1 unspecified atom stereocenters. The molecule has 1 amide bonds. The second-order valence-corrected chi connectivity index (χ2v) is 4.16. The minimum Gasteiger partial charge on any atom is -0.382 e. The molecule has 1 aliphatic rings. The number of nitrogens with one attached hydrogen (secondary N) is 1. The molecule has 1 heterocycles. The predicted octanol–water partition coefficient (Wildman–Crippen LogP) is 1.28. The van der Waals surface area contributed by atoms with Gasteiger partial charge in [0.1, 0.15) is 6.10 Å². The van der Waals surface area contributed by atoms with Crippen molar-refractivity contribution in [2.45, 2.75) is 25.4 Å². The van der Waals surface area contributed by atoms with Gasteiger partial charge in [0.2, 0.25) is 0 Å². The maximum Gasteiger partial charge on any atom is 0.254 e. The van der Waals surface area contributed by atoms with Gasteiger partial charge < -0.3 is 10.4 Å². The Labute approximate surface area is 82.8 Å². The molecule has 2 N–H and O–H groups in total. The zero-order valence-electron chi connectivity index (χ0n) is 8.24. The summed E-state index contributed by atoms with van der Waals surface area (Å²) in [6.07, 6.45) is -0.975. The van der Waals surface area contributed by atoms with Gasteiger partial charge in [-0.25, -0.2) is 0 Å². The van der Waals surface area contributed by atoms with Crippen LogP contribution in [0.4, 0.5) is 5.69 Å². The minimum atomic E-state index is -0.975. The quantitative estimate of drug-likeness (QED) is 0.649. The summed E-state index contributed by atoms with van der Waals surface area (Å²) in [5.74, 6) is -0.325. The van der Waals surface area contributed by atoms with Gasteiger partial charge in [-0.1, -0.05) is 32.0 Å². The van der Waals surface area contributed by atoms with Crippen LogP contribution in [0.25, 0.3) is 0 Å². The first-order chi connectivity index (χ1) is 6.53. The van der Waals surface area contributed by atoms with Crippen molar-refractivity contribution < 1.29 is 9.90 Å². The molecule has 74 valence electrons. The van der Waals surface area contributed by atoms with Crippen LogP contribution in [0.3, 0.4) is 0 Å². The molecule has 0 fully saturated rings. The van der Waals surface area contributed by atoms with Crippen LogP contribution < -0.4 is 5.32 Å². The number of carbonyl (C=O) groups is 1. The summed E-state index contributed by atoms with van der Waals surface area (Å²) >= 11 is 0. The van der Waals surface area contributed by atoms with Crippen LogP contribution in [0.15, 0.2) is 24.3 Å². The topological polar surface area (TPSA) is 49.3 Å². The molecule has 0 saturated carbocycles. The largest absolute Gasteiger partial charge is 0.382 e. The molecule has 3 nitrogen and oxygen atoms in total. The third-order valence-electron chi connectivity index (χ3n) is 2.81. The molecule has 0 aromatic heterocycles. The normalized spacial score (nSPS) is 23.9. The molecular weight excluding hydrogens is 178 g/mol. The van der Waals surface area contributed by atoms with Crippen molar-refractivity contribution in [3.05, 3.63) is 29.8 Å². The van der Waals surface area contributed by atoms with Gasteiger partial charge in [0.15, 0.2) is 0 Å². The number of aliphatic hydroxyl groups is 1. The fourth-order valence-corrected chi connectivity index (χ4v) is 1.83. The molecule has 1 aliphatic heterocycles. The lowest BCUT2D eigenvalue weighted by atomic mass is 9.76. The summed E-state index contributed by atoms with van der Waals surface area (Å²) < 4.78 is 0. The van der Waals surface area contributed by atoms with Gasteiger partial charge in [-0.05, 0) is 11.6 Å². The van der Waals surface area contributed by atoms with Gasteiger partial charge in [-0.15, -0.1) is 0 Å². The van der Waals surface area contributed by atoms with Crippen molar-refractivity contribution in [3.8, 4) is 0 Å². The lowest BCUT2D eigenvalue weighted by Gasteiger charge is -2.36. The van der Waals surface area contributed by atoms with E-state index in [1.807, 2.05) is 38.1 Å². The zero-order valence-corrected chi connectivity index (χ0v) is 8.24. The lowest BCUT2D eigenvalue weighted by molar-refractivity contribution is -0.127. The van der Waals surface area contributed by atoms with Crippen LogP contribution in [-0.4, -0.2) is 17.1 Å². The number of amides is 1. The fourth-order valence-electron chi connectivity index (χ4n) is 1.83. The molecule has 0 aliphatic carbocycles. The van der Waals surface area contributed by atoms with Crippen molar-refractivity contribution in [1.29, 1.82) is 0 Å². The van der Waals surface area contributed by atoms with Crippen LogP contribution in [0, 0.1) is 0 Å². The average Bonchev–Trinajstić information content (AvgIpc) is 2.15. The lowest BCUT2D eigenvalue weighted by Crippen LogP contribution is -2.47. The third kappa shape index (κ3) is 1.13. The third-order valence-corrected chi connectivity index (χ3v) is 2.81. The molecule has 1 aromatic rings. The maximum absolute atomic E-state index is 11.4. The van der Waals surface area contributed by atoms with Crippen LogP contribution in [0.2, 0.25) is 0 Å². The van der Waals surface area contributed by atoms with Crippen molar-refractivity contribution in [2.75, 3.05) is 5.32 Å². The average molecular weight is 191 g/mol. The standard InChI is InChI=1S/C11H13NO2/c1-11(2)7-5-3-4-6-8(7)12-10(14)9(11)13/h3-6,9,13H,1-2H3,(H,12,14). The SMILES string of the molecule is CC1(C)c2ccccc2NC(=O)C1O. The molecule has 3 heteroatoms. The molecule has 1 aromatic carbocycles. The molecule has 0 spiro atoms. The number of hydrogen-bond donors (Lipinski definition) is 2. The Morgan fingerprint density at radius 1 is 1.36 bits per heavy atom. The van der Waals surface area contributed by atoms with E-state index in [-0.39, 0.29) is 5.91 Å². The van der Waals surface area contributed by atoms with Crippen LogP contribution >= 0.6 is 0 Å². The first-order valence-corrected chi connectivity index (χ1v) is 4.62. The molecular formula is C11H13NO2. The number of anilines is 1. The van der Waals surface area contributed by atoms with E-state index >= 15 is 0 Å². The van der Waals surface area contributed by atoms with E-state index in [0.29, 0.717) is 0 Å².